The Morgan fingerprint density at radius 1 is 1.15 bits per heavy atom. The second-order valence-electron chi connectivity index (χ2n) is 8.28. The number of carbonyl (C=O) groups is 2. The Morgan fingerprint density at radius 2 is 2.00 bits per heavy atom. The maximum atomic E-state index is 13.0. The molecule has 1 saturated heterocycles. The highest BCUT2D eigenvalue weighted by molar-refractivity contribution is 5.98. The molecule has 1 fully saturated rings. The lowest BCUT2D eigenvalue weighted by Gasteiger charge is -2.30. The van der Waals surface area contributed by atoms with Crippen molar-refractivity contribution in [2.24, 2.45) is 0 Å². The van der Waals surface area contributed by atoms with Gasteiger partial charge in [-0.05, 0) is 48.6 Å². The van der Waals surface area contributed by atoms with Crippen molar-refractivity contribution in [1.82, 2.24) is 20.0 Å². The minimum atomic E-state index is -0.0462. The lowest BCUT2D eigenvalue weighted by molar-refractivity contribution is -0.115. The number of anilines is 1. The third-order valence-electron chi connectivity index (χ3n) is 6.10. The van der Waals surface area contributed by atoms with Crippen molar-refractivity contribution in [2.45, 2.75) is 32.1 Å². The van der Waals surface area contributed by atoms with Crippen molar-refractivity contribution in [3.05, 3.63) is 66.2 Å². The van der Waals surface area contributed by atoms with E-state index in [1.54, 1.807) is 0 Å². The maximum Gasteiger partial charge on any atom is 0.253 e. The van der Waals surface area contributed by atoms with Crippen LogP contribution in [0.1, 0.15) is 48.4 Å². The van der Waals surface area contributed by atoms with Gasteiger partial charge in [0.15, 0.2) is 0 Å². The molecule has 4 aromatic rings. The molecule has 2 N–H and O–H groups in total. The topological polar surface area (TPSA) is 104 Å². The second-order valence-corrected chi connectivity index (χ2v) is 8.28. The molecule has 0 saturated carbocycles. The number of rotatable bonds is 5. The van der Waals surface area contributed by atoms with Crippen LogP contribution in [-0.2, 0) is 4.79 Å². The van der Waals surface area contributed by atoms with Crippen LogP contribution in [0.15, 0.2) is 59.3 Å². The van der Waals surface area contributed by atoms with Crippen LogP contribution in [0, 0.1) is 0 Å². The molecule has 1 aliphatic rings. The number of fused-ring (bicyclic) bond motifs is 1. The molecule has 8 heteroatoms. The van der Waals surface area contributed by atoms with Crippen molar-refractivity contribution < 1.29 is 14.1 Å². The number of carbonyl (C=O) groups excluding carboxylic acids is 2. The van der Waals surface area contributed by atoms with Crippen LogP contribution in [0.5, 0.6) is 0 Å². The van der Waals surface area contributed by atoms with Gasteiger partial charge in [0.1, 0.15) is 0 Å². The van der Waals surface area contributed by atoms with Gasteiger partial charge in [-0.2, -0.15) is 4.98 Å². The number of likely N-dealkylation sites (tertiary alicyclic amines) is 1. The first-order chi connectivity index (χ1) is 16.1. The summed E-state index contributed by atoms with van der Waals surface area (Å²) in [6.45, 7) is 3.09. The van der Waals surface area contributed by atoms with Gasteiger partial charge in [0.25, 0.3) is 5.91 Å². The third-order valence-corrected chi connectivity index (χ3v) is 6.10. The number of hydrogen-bond acceptors (Lipinski definition) is 5. The Labute approximate surface area is 191 Å². The van der Waals surface area contributed by atoms with E-state index in [1.165, 1.54) is 0 Å². The van der Waals surface area contributed by atoms with Crippen molar-refractivity contribution >= 4 is 28.4 Å². The van der Waals surface area contributed by atoms with Crippen LogP contribution in [0.3, 0.4) is 0 Å². The van der Waals surface area contributed by atoms with Gasteiger partial charge in [-0.3, -0.25) is 9.59 Å². The molecular weight excluding hydrogens is 418 g/mol. The highest BCUT2D eigenvalue weighted by Crippen LogP contribution is 2.30. The van der Waals surface area contributed by atoms with E-state index in [-0.39, 0.29) is 17.7 Å². The van der Waals surface area contributed by atoms with E-state index in [0.717, 1.165) is 29.3 Å². The van der Waals surface area contributed by atoms with E-state index in [2.05, 4.69) is 20.4 Å². The monoisotopic (exact) mass is 443 g/mol. The number of nitrogens with one attached hydrogen (secondary N) is 2. The van der Waals surface area contributed by atoms with Crippen molar-refractivity contribution in [3.8, 4) is 11.4 Å². The summed E-state index contributed by atoms with van der Waals surface area (Å²) < 4.78 is 5.56. The zero-order valence-electron chi connectivity index (χ0n) is 18.4. The van der Waals surface area contributed by atoms with Crippen LogP contribution in [-0.4, -0.2) is 44.9 Å². The molecule has 2 aromatic carbocycles. The van der Waals surface area contributed by atoms with E-state index in [9.17, 15) is 9.59 Å². The summed E-state index contributed by atoms with van der Waals surface area (Å²) in [6.07, 6.45) is 3.83. The zero-order valence-corrected chi connectivity index (χ0v) is 18.4. The number of hydrogen-bond donors (Lipinski definition) is 2. The molecular formula is C25H25N5O3. The van der Waals surface area contributed by atoms with Gasteiger partial charge in [-0.15, -0.1) is 0 Å². The van der Waals surface area contributed by atoms with E-state index >= 15 is 0 Å². The normalized spacial score (nSPS) is 14.5. The predicted molar refractivity (Wildman–Crippen MR) is 125 cm³/mol. The number of nitrogens with zero attached hydrogens (tertiary/aromatic N) is 3. The molecule has 3 heterocycles. The predicted octanol–water partition coefficient (Wildman–Crippen LogP) is 4.59. The quantitative estimate of drug-likeness (QED) is 0.470. The maximum absolute atomic E-state index is 13.0. The Kier molecular flexibility index (Phi) is 5.64. The molecule has 168 valence electrons. The molecule has 2 aromatic heterocycles. The number of piperidine rings is 1. The van der Waals surface area contributed by atoms with Crippen LogP contribution in [0.2, 0.25) is 0 Å². The minimum absolute atomic E-state index is 0.0436. The van der Waals surface area contributed by atoms with E-state index in [4.69, 9.17) is 4.52 Å². The van der Waals surface area contributed by atoms with E-state index in [1.807, 2.05) is 66.6 Å². The molecule has 0 radical (unpaired) electrons. The van der Waals surface area contributed by atoms with Crippen molar-refractivity contribution in [3.63, 3.8) is 0 Å². The summed E-state index contributed by atoms with van der Waals surface area (Å²) >= 11 is 0. The average molecular weight is 444 g/mol. The third kappa shape index (κ3) is 4.37. The van der Waals surface area contributed by atoms with Gasteiger partial charge >= 0.3 is 0 Å². The van der Waals surface area contributed by atoms with Gasteiger partial charge in [0.05, 0.1) is 0 Å². The Morgan fingerprint density at radius 3 is 2.82 bits per heavy atom. The highest BCUT2D eigenvalue weighted by atomic mass is 16.5. The minimum Gasteiger partial charge on any atom is -0.361 e. The van der Waals surface area contributed by atoms with Crippen molar-refractivity contribution in [1.29, 1.82) is 0 Å². The summed E-state index contributed by atoms with van der Waals surface area (Å²) in [7, 11) is 0. The first-order valence-corrected chi connectivity index (χ1v) is 11.2. The Balaban J connectivity index is 1.23. The Bertz CT molecular complexity index is 1300. The van der Waals surface area contributed by atoms with Crippen LogP contribution in [0.25, 0.3) is 22.3 Å². The molecule has 0 bridgehead atoms. The summed E-state index contributed by atoms with van der Waals surface area (Å²) in [5, 5.41) is 8.08. The van der Waals surface area contributed by atoms with Gasteiger partial charge in [0.2, 0.25) is 17.6 Å². The number of aromatic nitrogens is 3. The molecule has 5 rings (SSSR count). The van der Waals surface area contributed by atoms with Crippen LogP contribution in [0.4, 0.5) is 5.69 Å². The molecule has 1 aliphatic heterocycles. The number of benzene rings is 2. The SMILES string of the molecule is CCC(=O)Nc1cccc(-c2noc(C3CCN(C(=O)c4ccc5cc[nH]c5c4)CC3)n2)c1. The fraction of sp³-hybridized carbons (Fsp3) is 0.280. The lowest BCUT2D eigenvalue weighted by atomic mass is 9.96. The molecule has 0 aliphatic carbocycles. The zero-order chi connectivity index (χ0) is 22.8. The summed E-state index contributed by atoms with van der Waals surface area (Å²) in [6, 6.07) is 15.2. The summed E-state index contributed by atoms with van der Waals surface area (Å²) in [4.78, 5) is 34.3. The van der Waals surface area contributed by atoms with Crippen LogP contribution >= 0.6 is 0 Å². The largest absolute Gasteiger partial charge is 0.361 e. The second kappa shape index (κ2) is 8.90. The lowest BCUT2D eigenvalue weighted by Crippen LogP contribution is -2.38. The molecule has 8 nitrogen and oxygen atoms in total. The van der Waals surface area contributed by atoms with Gasteiger partial charge < -0.3 is 19.7 Å². The van der Waals surface area contributed by atoms with E-state index < -0.39 is 0 Å². The molecule has 0 unspecified atom stereocenters. The smallest absolute Gasteiger partial charge is 0.253 e. The van der Waals surface area contributed by atoms with Crippen molar-refractivity contribution in [2.75, 3.05) is 18.4 Å². The molecule has 0 spiro atoms. The fourth-order valence-electron chi connectivity index (χ4n) is 4.20. The standard InChI is InChI=1S/C25H25N5O3/c1-2-22(31)27-20-5-3-4-18(14-20)23-28-24(33-29-23)17-9-12-30(13-10-17)25(32)19-7-6-16-8-11-26-21(16)15-19/h3-8,11,14-15,17,26H,2,9-10,12-13H2,1H3,(H,27,31). The fourth-order valence-corrected chi connectivity index (χ4v) is 4.20. The summed E-state index contributed by atoms with van der Waals surface area (Å²) in [5.41, 5.74) is 3.15. The molecule has 33 heavy (non-hydrogen) atoms. The van der Waals surface area contributed by atoms with E-state index in [0.29, 0.717) is 42.5 Å². The van der Waals surface area contributed by atoms with Crippen LogP contribution < -0.4 is 5.32 Å². The van der Waals surface area contributed by atoms with Gasteiger partial charge in [0, 0.05) is 54.0 Å². The average Bonchev–Trinajstić information content (AvgIpc) is 3.53. The van der Waals surface area contributed by atoms with Gasteiger partial charge in [-0.25, -0.2) is 0 Å². The first-order valence-electron chi connectivity index (χ1n) is 11.2. The molecule has 0 atom stereocenters. The Hall–Kier alpha value is -3.94. The van der Waals surface area contributed by atoms with Gasteiger partial charge in [-0.1, -0.05) is 30.3 Å². The summed E-state index contributed by atoms with van der Waals surface area (Å²) in [5.74, 6) is 1.20. The number of H-pyrrole nitrogens is 1. The first kappa shape index (κ1) is 20.9. The molecule has 2 amide bonds. The number of aromatic amines is 1. The number of amides is 2. The highest BCUT2D eigenvalue weighted by Gasteiger charge is 2.28.